The number of ether oxygens (including phenoxy) is 1. The van der Waals surface area contributed by atoms with E-state index in [2.05, 4.69) is 51.6 Å². The van der Waals surface area contributed by atoms with Crippen molar-refractivity contribution in [3.63, 3.8) is 0 Å². The molecule has 21 heavy (non-hydrogen) atoms. The minimum atomic E-state index is 0.463. The van der Waals surface area contributed by atoms with Gasteiger partial charge in [-0.25, -0.2) is 0 Å². The minimum Gasteiger partial charge on any atom is -0.489 e. The van der Waals surface area contributed by atoms with Gasteiger partial charge in [-0.2, -0.15) is 0 Å². The molecule has 0 spiro atoms. The number of fused-ring (bicyclic) bond motifs is 1. The van der Waals surface area contributed by atoms with Gasteiger partial charge in [0.15, 0.2) is 0 Å². The van der Waals surface area contributed by atoms with Crippen LogP contribution in [-0.4, -0.2) is 7.05 Å². The van der Waals surface area contributed by atoms with Crippen molar-refractivity contribution in [2.24, 2.45) is 0 Å². The lowest BCUT2D eigenvalue weighted by Crippen LogP contribution is -2.21. The average Bonchev–Trinajstić information content (AvgIpc) is 2.53. The highest BCUT2D eigenvalue weighted by Gasteiger charge is 2.19. The first-order valence-electron chi connectivity index (χ1n) is 7.43. The normalized spacial score (nSPS) is 17.3. The Labute approximate surface area is 134 Å². The van der Waals surface area contributed by atoms with Crippen LogP contribution in [0.3, 0.4) is 0 Å². The van der Waals surface area contributed by atoms with Gasteiger partial charge in [0, 0.05) is 10.5 Å². The van der Waals surface area contributed by atoms with Gasteiger partial charge in [-0.15, -0.1) is 0 Å². The van der Waals surface area contributed by atoms with Gasteiger partial charge in [0.05, 0.1) is 0 Å². The third-order valence-corrected chi connectivity index (χ3v) is 4.63. The first-order valence-corrected chi connectivity index (χ1v) is 8.23. The number of hydrogen-bond acceptors (Lipinski definition) is 2. The summed E-state index contributed by atoms with van der Waals surface area (Å²) in [6.07, 6.45) is 3.65. The minimum absolute atomic E-state index is 0.463. The Hall–Kier alpha value is -1.32. The van der Waals surface area contributed by atoms with E-state index in [9.17, 15) is 0 Å². The van der Waals surface area contributed by atoms with Crippen LogP contribution in [0, 0.1) is 0 Å². The quantitative estimate of drug-likeness (QED) is 0.872. The molecule has 0 bridgehead atoms. The molecule has 2 aromatic rings. The lowest BCUT2D eigenvalue weighted by molar-refractivity contribution is 0.305. The lowest BCUT2D eigenvalue weighted by Gasteiger charge is -2.25. The van der Waals surface area contributed by atoms with E-state index in [0.29, 0.717) is 12.6 Å². The summed E-state index contributed by atoms with van der Waals surface area (Å²) < 4.78 is 7.04. The molecule has 0 saturated carbocycles. The van der Waals surface area contributed by atoms with Crippen LogP contribution in [0.4, 0.5) is 0 Å². The van der Waals surface area contributed by atoms with E-state index in [0.717, 1.165) is 10.2 Å². The molecule has 0 amide bonds. The smallest absolute Gasteiger partial charge is 0.120 e. The standard InChI is InChI=1S/C18H20BrNO/c1-20-18-4-2-3-14-7-10-16(11-17(14)18)21-12-13-5-8-15(19)9-6-13/h5-11,18,20H,2-4,12H2,1H3. The van der Waals surface area contributed by atoms with Gasteiger partial charge in [-0.3, -0.25) is 0 Å². The maximum atomic E-state index is 5.95. The van der Waals surface area contributed by atoms with Gasteiger partial charge in [0.2, 0.25) is 0 Å². The molecule has 1 unspecified atom stereocenters. The Morgan fingerprint density at radius 3 is 2.76 bits per heavy atom. The molecule has 110 valence electrons. The van der Waals surface area contributed by atoms with Crippen LogP contribution in [0.25, 0.3) is 0 Å². The molecule has 1 atom stereocenters. The Morgan fingerprint density at radius 1 is 1.19 bits per heavy atom. The first kappa shape index (κ1) is 14.6. The number of hydrogen-bond donors (Lipinski definition) is 1. The molecule has 1 N–H and O–H groups in total. The van der Waals surface area contributed by atoms with Gasteiger partial charge < -0.3 is 10.1 Å². The molecule has 0 aromatic heterocycles. The van der Waals surface area contributed by atoms with Crippen LogP contribution in [0.5, 0.6) is 5.75 Å². The van der Waals surface area contributed by atoms with Crippen LogP contribution in [-0.2, 0) is 13.0 Å². The average molecular weight is 346 g/mol. The summed E-state index contributed by atoms with van der Waals surface area (Å²) in [7, 11) is 2.04. The van der Waals surface area contributed by atoms with Gasteiger partial charge in [0.25, 0.3) is 0 Å². The SMILES string of the molecule is CNC1CCCc2ccc(OCc3ccc(Br)cc3)cc21. The van der Waals surface area contributed by atoms with E-state index in [1.165, 1.54) is 36.0 Å². The molecule has 0 aliphatic heterocycles. The predicted octanol–water partition coefficient (Wildman–Crippen LogP) is 4.62. The van der Waals surface area contributed by atoms with Crippen molar-refractivity contribution in [1.82, 2.24) is 5.32 Å². The highest BCUT2D eigenvalue weighted by Crippen LogP contribution is 2.32. The van der Waals surface area contributed by atoms with E-state index in [4.69, 9.17) is 4.74 Å². The monoisotopic (exact) mass is 345 g/mol. The Bertz CT molecular complexity index is 609. The van der Waals surface area contributed by atoms with E-state index in [1.807, 2.05) is 19.2 Å². The summed E-state index contributed by atoms with van der Waals surface area (Å²) >= 11 is 3.45. The van der Waals surface area contributed by atoms with Gasteiger partial charge in [-0.05, 0) is 67.3 Å². The second-order valence-electron chi connectivity index (χ2n) is 5.51. The Kier molecular flexibility index (Phi) is 4.61. The fourth-order valence-electron chi connectivity index (χ4n) is 2.91. The molecular weight excluding hydrogens is 326 g/mol. The van der Waals surface area contributed by atoms with Crippen LogP contribution in [0.2, 0.25) is 0 Å². The maximum absolute atomic E-state index is 5.95. The number of rotatable bonds is 4. The highest BCUT2D eigenvalue weighted by atomic mass is 79.9. The summed E-state index contributed by atoms with van der Waals surface area (Å²) in [5.41, 5.74) is 4.04. The summed E-state index contributed by atoms with van der Waals surface area (Å²) in [5.74, 6) is 0.957. The zero-order valence-corrected chi connectivity index (χ0v) is 13.8. The van der Waals surface area contributed by atoms with E-state index in [-0.39, 0.29) is 0 Å². The van der Waals surface area contributed by atoms with Crippen LogP contribution in [0.1, 0.15) is 35.6 Å². The molecule has 0 radical (unpaired) electrons. The Balaban J connectivity index is 1.73. The van der Waals surface area contributed by atoms with Crippen molar-refractivity contribution >= 4 is 15.9 Å². The summed E-state index contributed by atoms with van der Waals surface area (Å²) in [5, 5.41) is 3.41. The van der Waals surface area contributed by atoms with Gasteiger partial charge in [-0.1, -0.05) is 34.1 Å². The van der Waals surface area contributed by atoms with Crippen molar-refractivity contribution in [3.8, 4) is 5.75 Å². The van der Waals surface area contributed by atoms with Crippen molar-refractivity contribution in [1.29, 1.82) is 0 Å². The summed E-state index contributed by atoms with van der Waals surface area (Å²) in [6.45, 7) is 0.607. The maximum Gasteiger partial charge on any atom is 0.120 e. The third-order valence-electron chi connectivity index (χ3n) is 4.10. The molecular formula is C18H20BrNO. The highest BCUT2D eigenvalue weighted by molar-refractivity contribution is 9.10. The van der Waals surface area contributed by atoms with Crippen molar-refractivity contribution in [2.45, 2.75) is 31.9 Å². The topological polar surface area (TPSA) is 21.3 Å². The fourth-order valence-corrected chi connectivity index (χ4v) is 3.18. The molecule has 3 heteroatoms. The number of halogens is 1. The molecule has 1 aliphatic rings. The van der Waals surface area contributed by atoms with Crippen molar-refractivity contribution in [3.05, 3.63) is 63.6 Å². The molecule has 0 fully saturated rings. The lowest BCUT2D eigenvalue weighted by atomic mass is 9.87. The summed E-state index contributed by atoms with van der Waals surface area (Å²) in [6, 6.07) is 15.2. The number of benzene rings is 2. The van der Waals surface area contributed by atoms with Crippen LogP contribution < -0.4 is 10.1 Å². The third kappa shape index (κ3) is 3.47. The molecule has 0 heterocycles. The molecule has 3 rings (SSSR count). The number of aryl methyl sites for hydroxylation is 1. The van der Waals surface area contributed by atoms with Gasteiger partial charge >= 0.3 is 0 Å². The van der Waals surface area contributed by atoms with Crippen LogP contribution >= 0.6 is 15.9 Å². The molecule has 0 saturated heterocycles. The molecule has 2 aromatic carbocycles. The summed E-state index contributed by atoms with van der Waals surface area (Å²) in [4.78, 5) is 0. The zero-order chi connectivity index (χ0) is 14.7. The van der Waals surface area contributed by atoms with E-state index >= 15 is 0 Å². The Morgan fingerprint density at radius 2 is 2.00 bits per heavy atom. The molecule has 1 aliphatic carbocycles. The molecule has 2 nitrogen and oxygen atoms in total. The van der Waals surface area contributed by atoms with E-state index in [1.54, 1.807) is 0 Å². The first-order chi connectivity index (χ1) is 10.3. The zero-order valence-electron chi connectivity index (χ0n) is 12.2. The van der Waals surface area contributed by atoms with Gasteiger partial charge in [0.1, 0.15) is 12.4 Å². The van der Waals surface area contributed by atoms with Crippen molar-refractivity contribution in [2.75, 3.05) is 7.05 Å². The second-order valence-corrected chi connectivity index (χ2v) is 6.42. The van der Waals surface area contributed by atoms with Crippen LogP contribution in [0.15, 0.2) is 46.9 Å². The predicted molar refractivity (Wildman–Crippen MR) is 89.7 cm³/mol. The van der Waals surface area contributed by atoms with E-state index < -0.39 is 0 Å². The number of nitrogens with one attached hydrogen (secondary N) is 1. The van der Waals surface area contributed by atoms with Crippen molar-refractivity contribution < 1.29 is 4.74 Å². The second kappa shape index (κ2) is 6.63. The fraction of sp³-hybridized carbons (Fsp3) is 0.333. The largest absolute Gasteiger partial charge is 0.489 e.